The molecule has 0 saturated carbocycles. The third-order valence-corrected chi connectivity index (χ3v) is 3.16. The number of rotatable bonds is 2. The van der Waals surface area contributed by atoms with Crippen molar-refractivity contribution in [3.63, 3.8) is 0 Å². The van der Waals surface area contributed by atoms with Crippen molar-refractivity contribution in [1.82, 2.24) is 5.43 Å². The van der Waals surface area contributed by atoms with Crippen LogP contribution in [0.5, 0.6) is 0 Å². The predicted octanol–water partition coefficient (Wildman–Crippen LogP) is 2.11. The topological polar surface area (TPSA) is 80.6 Å². The van der Waals surface area contributed by atoms with Crippen molar-refractivity contribution in [2.75, 3.05) is 0 Å². The number of hydrogen-bond acceptors (Lipinski definition) is 4. The number of fused-ring (bicyclic) bond motifs is 3. The smallest absolute Gasteiger partial charge is 0.202 e. The Balaban J connectivity index is 2.24. The summed E-state index contributed by atoms with van der Waals surface area (Å²) in [6.07, 6.45) is 2.70. The standard InChI is InChI=1S/C15H11N3O2S/c16-15(21)18-17-7-10-8-20-12-6-5-9-3-1-2-4-11(9)13(12)14(10)19/h1-8H,(H3,16,18,21). The normalized spacial score (nSPS) is 11.2. The first-order valence-corrected chi connectivity index (χ1v) is 6.59. The Labute approximate surface area is 125 Å². The van der Waals surface area contributed by atoms with Crippen LogP contribution in [0.4, 0.5) is 0 Å². The number of hydrogen-bond donors (Lipinski definition) is 2. The van der Waals surface area contributed by atoms with Gasteiger partial charge < -0.3 is 10.2 Å². The maximum atomic E-state index is 12.6. The molecule has 3 N–H and O–H groups in total. The highest BCUT2D eigenvalue weighted by Crippen LogP contribution is 2.22. The van der Waals surface area contributed by atoms with Crippen LogP contribution < -0.4 is 16.6 Å². The average molecular weight is 297 g/mol. The van der Waals surface area contributed by atoms with E-state index < -0.39 is 0 Å². The van der Waals surface area contributed by atoms with E-state index in [4.69, 9.17) is 10.2 Å². The van der Waals surface area contributed by atoms with E-state index in [1.54, 1.807) is 6.07 Å². The molecular formula is C15H11N3O2S. The first kappa shape index (κ1) is 13.3. The number of nitrogens with one attached hydrogen (secondary N) is 1. The Morgan fingerprint density at radius 1 is 1.29 bits per heavy atom. The van der Waals surface area contributed by atoms with E-state index in [1.165, 1.54) is 12.5 Å². The average Bonchev–Trinajstić information content (AvgIpc) is 2.49. The quantitative estimate of drug-likeness (QED) is 0.328. The van der Waals surface area contributed by atoms with E-state index in [9.17, 15) is 4.79 Å². The molecule has 0 spiro atoms. The lowest BCUT2D eigenvalue weighted by atomic mass is 10.0. The highest BCUT2D eigenvalue weighted by molar-refractivity contribution is 7.80. The Morgan fingerprint density at radius 3 is 2.90 bits per heavy atom. The molecule has 6 heteroatoms. The second-order valence-electron chi connectivity index (χ2n) is 4.41. The summed E-state index contributed by atoms with van der Waals surface area (Å²) in [5.41, 5.74) is 8.38. The predicted molar refractivity (Wildman–Crippen MR) is 87.5 cm³/mol. The van der Waals surface area contributed by atoms with Crippen molar-refractivity contribution < 1.29 is 4.42 Å². The van der Waals surface area contributed by atoms with Gasteiger partial charge in [-0.05, 0) is 29.1 Å². The van der Waals surface area contributed by atoms with Crippen LogP contribution in [-0.4, -0.2) is 11.3 Å². The van der Waals surface area contributed by atoms with E-state index >= 15 is 0 Å². The van der Waals surface area contributed by atoms with Crippen LogP contribution >= 0.6 is 12.2 Å². The summed E-state index contributed by atoms with van der Waals surface area (Å²) < 4.78 is 5.51. The van der Waals surface area contributed by atoms with E-state index in [0.717, 1.165) is 10.8 Å². The molecule has 0 unspecified atom stereocenters. The molecule has 3 aromatic rings. The Kier molecular flexibility index (Phi) is 3.37. The Morgan fingerprint density at radius 2 is 2.10 bits per heavy atom. The zero-order valence-electron chi connectivity index (χ0n) is 10.9. The van der Waals surface area contributed by atoms with Gasteiger partial charge in [0.15, 0.2) is 5.11 Å². The third-order valence-electron chi connectivity index (χ3n) is 3.07. The van der Waals surface area contributed by atoms with Crippen molar-refractivity contribution in [3.8, 4) is 0 Å². The molecule has 0 fully saturated rings. The first-order valence-electron chi connectivity index (χ1n) is 6.18. The largest absolute Gasteiger partial charge is 0.463 e. The number of nitrogens with zero attached hydrogens (tertiary/aromatic N) is 1. The third kappa shape index (κ3) is 2.48. The maximum absolute atomic E-state index is 12.6. The van der Waals surface area contributed by atoms with Crippen LogP contribution in [0, 0.1) is 0 Å². The summed E-state index contributed by atoms with van der Waals surface area (Å²) in [6, 6.07) is 11.4. The Hall–Kier alpha value is -2.73. The lowest BCUT2D eigenvalue weighted by Crippen LogP contribution is -2.24. The van der Waals surface area contributed by atoms with Gasteiger partial charge in [-0.25, -0.2) is 0 Å². The van der Waals surface area contributed by atoms with Gasteiger partial charge in [0, 0.05) is 0 Å². The SMILES string of the molecule is NC(=S)NN=Cc1coc2ccc3ccccc3c2c1=O. The summed E-state index contributed by atoms with van der Waals surface area (Å²) in [5.74, 6) is 0. The number of hydrazone groups is 1. The van der Waals surface area contributed by atoms with Crippen LogP contribution in [0.2, 0.25) is 0 Å². The molecule has 0 aliphatic rings. The zero-order chi connectivity index (χ0) is 14.8. The van der Waals surface area contributed by atoms with Gasteiger partial charge in [0.2, 0.25) is 5.43 Å². The number of thiocarbonyl (C=S) groups is 1. The van der Waals surface area contributed by atoms with Crippen LogP contribution in [-0.2, 0) is 0 Å². The molecule has 1 aromatic heterocycles. The molecule has 0 bridgehead atoms. The van der Waals surface area contributed by atoms with E-state index in [2.05, 4.69) is 22.7 Å². The van der Waals surface area contributed by atoms with Crippen molar-refractivity contribution >= 4 is 45.3 Å². The fourth-order valence-corrected chi connectivity index (χ4v) is 2.22. The number of benzene rings is 2. The molecule has 2 aromatic carbocycles. The molecule has 0 aliphatic heterocycles. The Bertz CT molecular complexity index is 931. The van der Waals surface area contributed by atoms with Gasteiger partial charge in [-0.15, -0.1) is 0 Å². The van der Waals surface area contributed by atoms with Gasteiger partial charge in [-0.1, -0.05) is 30.3 Å². The maximum Gasteiger partial charge on any atom is 0.202 e. The molecule has 0 radical (unpaired) electrons. The van der Waals surface area contributed by atoms with Crippen LogP contribution in [0.25, 0.3) is 21.7 Å². The molecule has 1 heterocycles. The monoisotopic (exact) mass is 297 g/mol. The second kappa shape index (κ2) is 5.34. The molecule has 5 nitrogen and oxygen atoms in total. The fraction of sp³-hybridized carbons (Fsp3) is 0. The highest BCUT2D eigenvalue weighted by Gasteiger charge is 2.09. The van der Waals surface area contributed by atoms with E-state index in [-0.39, 0.29) is 10.5 Å². The summed E-state index contributed by atoms with van der Waals surface area (Å²) in [5, 5.41) is 6.18. The summed E-state index contributed by atoms with van der Waals surface area (Å²) in [6.45, 7) is 0. The molecule has 0 atom stereocenters. The highest BCUT2D eigenvalue weighted by atomic mass is 32.1. The minimum atomic E-state index is -0.151. The molecule has 21 heavy (non-hydrogen) atoms. The lowest BCUT2D eigenvalue weighted by molar-refractivity contribution is 0.602. The summed E-state index contributed by atoms with van der Waals surface area (Å²) in [4.78, 5) is 12.6. The van der Waals surface area contributed by atoms with Crippen molar-refractivity contribution in [1.29, 1.82) is 0 Å². The zero-order valence-corrected chi connectivity index (χ0v) is 11.7. The van der Waals surface area contributed by atoms with E-state index in [0.29, 0.717) is 16.5 Å². The van der Waals surface area contributed by atoms with E-state index in [1.807, 2.05) is 30.3 Å². The number of nitrogens with two attached hydrogens (primary N) is 1. The molecule has 0 saturated heterocycles. The minimum Gasteiger partial charge on any atom is -0.463 e. The van der Waals surface area contributed by atoms with Crippen LogP contribution in [0.15, 0.2) is 57.0 Å². The minimum absolute atomic E-state index is 0.0295. The summed E-state index contributed by atoms with van der Waals surface area (Å²) in [7, 11) is 0. The molecular weight excluding hydrogens is 286 g/mol. The van der Waals surface area contributed by atoms with Crippen LogP contribution in [0.1, 0.15) is 5.56 Å². The fourth-order valence-electron chi connectivity index (χ4n) is 2.16. The van der Waals surface area contributed by atoms with Crippen molar-refractivity contribution in [2.24, 2.45) is 10.8 Å². The summed E-state index contributed by atoms with van der Waals surface area (Å²) >= 11 is 4.64. The van der Waals surface area contributed by atoms with Crippen LogP contribution in [0.3, 0.4) is 0 Å². The van der Waals surface area contributed by atoms with Gasteiger partial charge >= 0.3 is 0 Å². The van der Waals surface area contributed by atoms with Crippen molar-refractivity contribution in [2.45, 2.75) is 0 Å². The molecule has 0 amide bonds. The second-order valence-corrected chi connectivity index (χ2v) is 4.85. The van der Waals surface area contributed by atoms with Crippen molar-refractivity contribution in [3.05, 3.63) is 58.4 Å². The van der Waals surface area contributed by atoms with Gasteiger partial charge in [0.1, 0.15) is 11.8 Å². The molecule has 0 aliphatic carbocycles. The molecule has 104 valence electrons. The first-order chi connectivity index (χ1) is 10.2. The van der Waals surface area contributed by atoms with Gasteiger partial charge in [0.25, 0.3) is 0 Å². The van der Waals surface area contributed by atoms with Gasteiger partial charge in [-0.3, -0.25) is 10.2 Å². The van der Waals surface area contributed by atoms with Gasteiger partial charge in [0.05, 0.1) is 17.2 Å². The molecule has 3 rings (SSSR count). The van der Waals surface area contributed by atoms with Gasteiger partial charge in [-0.2, -0.15) is 5.10 Å². The lowest BCUT2D eigenvalue weighted by Gasteiger charge is -2.03.